The second-order valence-electron chi connectivity index (χ2n) is 7.26. The number of halogens is 1. The van der Waals surface area contributed by atoms with Crippen molar-refractivity contribution in [2.24, 2.45) is 10.4 Å². The van der Waals surface area contributed by atoms with Crippen LogP contribution < -0.4 is 15.4 Å². The molecule has 24 heavy (non-hydrogen) atoms. The molecular formula is C18H31IN4O. The molecule has 0 aromatic heterocycles. The molecule has 0 fully saturated rings. The topological polar surface area (TPSA) is 48.9 Å². The van der Waals surface area contributed by atoms with Crippen LogP contribution in [0.5, 0.6) is 5.75 Å². The molecule has 136 valence electrons. The van der Waals surface area contributed by atoms with Gasteiger partial charge in [-0.05, 0) is 31.1 Å². The highest BCUT2D eigenvalue weighted by Gasteiger charge is 2.23. The summed E-state index contributed by atoms with van der Waals surface area (Å²) >= 11 is 0. The van der Waals surface area contributed by atoms with Gasteiger partial charge in [-0.15, -0.1) is 24.0 Å². The molecule has 5 nitrogen and oxygen atoms in total. The first-order valence-corrected chi connectivity index (χ1v) is 8.23. The standard InChI is InChI=1S/C18H30N4O.HI/c1-18(2,13-22(4)5)12-21-17(19-3)20-11-15-10-14-8-6-7-9-16(14)23-15;/h6-9,15H,10-13H2,1-5H3,(H2,19,20,21);1H. The fourth-order valence-corrected chi connectivity index (χ4v) is 3.03. The van der Waals surface area contributed by atoms with Gasteiger partial charge in [-0.25, -0.2) is 0 Å². The van der Waals surface area contributed by atoms with E-state index in [0.717, 1.165) is 37.8 Å². The molecule has 0 amide bonds. The van der Waals surface area contributed by atoms with E-state index in [9.17, 15) is 0 Å². The van der Waals surface area contributed by atoms with Crippen molar-refractivity contribution in [1.29, 1.82) is 0 Å². The van der Waals surface area contributed by atoms with E-state index in [-0.39, 0.29) is 35.5 Å². The summed E-state index contributed by atoms with van der Waals surface area (Å²) < 4.78 is 5.95. The van der Waals surface area contributed by atoms with E-state index < -0.39 is 0 Å². The lowest BCUT2D eigenvalue weighted by Crippen LogP contribution is -2.47. The highest BCUT2D eigenvalue weighted by Crippen LogP contribution is 2.27. The van der Waals surface area contributed by atoms with Gasteiger partial charge in [0.2, 0.25) is 0 Å². The summed E-state index contributed by atoms with van der Waals surface area (Å²) in [6, 6.07) is 8.24. The molecular weight excluding hydrogens is 415 g/mol. The van der Waals surface area contributed by atoms with Crippen molar-refractivity contribution in [3.63, 3.8) is 0 Å². The van der Waals surface area contributed by atoms with Crippen LogP contribution in [0.2, 0.25) is 0 Å². The van der Waals surface area contributed by atoms with Gasteiger partial charge in [0.1, 0.15) is 11.9 Å². The summed E-state index contributed by atoms with van der Waals surface area (Å²) in [6.45, 7) is 7.16. The number of hydrogen-bond donors (Lipinski definition) is 2. The molecule has 0 saturated heterocycles. The number of rotatable bonds is 6. The van der Waals surface area contributed by atoms with Gasteiger partial charge in [0.05, 0.1) is 6.54 Å². The number of aliphatic imine (C=N–C) groups is 1. The third-order valence-corrected chi connectivity index (χ3v) is 3.91. The lowest BCUT2D eigenvalue weighted by Gasteiger charge is -2.29. The number of benzene rings is 1. The molecule has 2 N–H and O–H groups in total. The molecule has 1 aromatic rings. The Kier molecular flexibility index (Phi) is 8.29. The van der Waals surface area contributed by atoms with Crippen LogP contribution in [0.25, 0.3) is 0 Å². The van der Waals surface area contributed by atoms with Crippen LogP contribution in [0, 0.1) is 5.41 Å². The van der Waals surface area contributed by atoms with Gasteiger partial charge in [0.15, 0.2) is 5.96 Å². The predicted molar refractivity (Wildman–Crippen MR) is 112 cm³/mol. The minimum absolute atomic E-state index is 0. The maximum Gasteiger partial charge on any atom is 0.191 e. The Morgan fingerprint density at radius 1 is 1.29 bits per heavy atom. The zero-order valence-electron chi connectivity index (χ0n) is 15.4. The lowest BCUT2D eigenvalue weighted by atomic mass is 9.93. The van der Waals surface area contributed by atoms with E-state index in [1.54, 1.807) is 7.05 Å². The van der Waals surface area contributed by atoms with Crippen LogP contribution in [0.3, 0.4) is 0 Å². The van der Waals surface area contributed by atoms with Crippen molar-refractivity contribution in [2.45, 2.75) is 26.4 Å². The smallest absolute Gasteiger partial charge is 0.191 e. The minimum Gasteiger partial charge on any atom is -0.488 e. The van der Waals surface area contributed by atoms with Crippen molar-refractivity contribution in [3.05, 3.63) is 29.8 Å². The van der Waals surface area contributed by atoms with E-state index in [4.69, 9.17) is 4.74 Å². The maximum atomic E-state index is 5.95. The molecule has 1 atom stereocenters. The first-order chi connectivity index (χ1) is 10.9. The van der Waals surface area contributed by atoms with Crippen LogP contribution in [0.4, 0.5) is 0 Å². The van der Waals surface area contributed by atoms with Crippen LogP contribution in [-0.4, -0.2) is 57.7 Å². The summed E-state index contributed by atoms with van der Waals surface area (Å²) in [4.78, 5) is 6.52. The molecule has 0 bridgehead atoms. The predicted octanol–water partition coefficient (Wildman–Crippen LogP) is 2.36. The van der Waals surface area contributed by atoms with Crippen LogP contribution >= 0.6 is 24.0 Å². The minimum atomic E-state index is 0. The van der Waals surface area contributed by atoms with Crippen molar-refractivity contribution < 1.29 is 4.74 Å². The molecule has 0 aliphatic carbocycles. The van der Waals surface area contributed by atoms with Crippen molar-refractivity contribution >= 4 is 29.9 Å². The number of ether oxygens (including phenoxy) is 1. The molecule has 0 saturated carbocycles. The van der Waals surface area contributed by atoms with Gasteiger partial charge in [-0.1, -0.05) is 32.0 Å². The first kappa shape index (κ1) is 21.0. The normalized spacial score (nSPS) is 17.1. The van der Waals surface area contributed by atoms with Gasteiger partial charge in [0.25, 0.3) is 0 Å². The van der Waals surface area contributed by atoms with Crippen molar-refractivity contribution in [2.75, 3.05) is 40.8 Å². The number of nitrogens with one attached hydrogen (secondary N) is 2. The summed E-state index contributed by atoms with van der Waals surface area (Å²) in [6.07, 6.45) is 1.12. The van der Waals surface area contributed by atoms with Crippen LogP contribution in [0.1, 0.15) is 19.4 Å². The Labute approximate surface area is 163 Å². The Bertz CT molecular complexity index is 521. The largest absolute Gasteiger partial charge is 0.488 e. The molecule has 1 aromatic carbocycles. The Hall–Kier alpha value is -1.02. The maximum absolute atomic E-state index is 5.95. The highest BCUT2D eigenvalue weighted by molar-refractivity contribution is 14.0. The van der Waals surface area contributed by atoms with Crippen LogP contribution in [-0.2, 0) is 6.42 Å². The Morgan fingerprint density at radius 3 is 2.62 bits per heavy atom. The number of hydrogen-bond acceptors (Lipinski definition) is 3. The zero-order valence-corrected chi connectivity index (χ0v) is 17.8. The number of guanidine groups is 1. The number of para-hydroxylation sites is 1. The monoisotopic (exact) mass is 446 g/mol. The third-order valence-electron chi connectivity index (χ3n) is 3.91. The highest BCUT2D eigenvalue weighted by atomic mass is 127. The van der Waals surface area contributed by atoms with Gasteiger partial charge in [-0.2, -0.15) is 0 Å². The van der Waals surface area contributed by atoms with E-state index in [0.29, 0.717) is 0 Å². The SMILES string of the molecule is CN=C(NCC1Cc2ccccc2O1)NCC(C)(C)CN(C)C.I. The lowest BCUT2D eigenvalue weighted by molar-refractivity contribution is 0.232. The zero-order chi connectivity index (χ0) is 16.9. The molecule has 1 aliphatic rings. The fraction of sp³-hybridized carbons (Fsp3) is 0.611. The summed E-state index contributed by atoms with van der Waals surface area (Å²) in [5.74, 6) is 1.84. The molecule has 1 heterocycles. The van der Waals surface area contributed by atoms with E-state index in [2.05, 4.69) is 60.6 Å². The quantitative estimate of drug-likeness (QED) is 0.400. The molecule has 1 unspecified atom stereocenters. The average Bonchev–Trinajstić information content (AvgIpc) is 2.88. The Balaban J connectivity index is 0.00000288. The second-order valence-corrected chi connectivity index (χ2v) is 7.26. The number of fused-ring (bicyclic) bond motifs is 1. The third kappa shape index (κ3) is 6.47. The number of nitrogens with zero attached hydrogens (tertiary/aromatic N) is 2. The van der Waals surface area contributed by atoms with Gasteiger partial charge in [-0.3, -0.25) is 4.99 Å². The average molecular weight is 446 g/mol. The van der Waals surface area contributed by atoms with E-state index in [1.165, 1.54) is 5.56 Å². The van der Waals surface area contributed by atoms with E-state index in [1.807, 2.05) is 12.1 Å². The molecule has 6 heteroatoms. The van der Waals surface area contributed by atoms with Crippen LogP contribution in [0.15, 0.2) is 29.3 Å². The van der Waals surface area contributed by atoms with Gasteiger partial charge < -0.3 is 20.3 Å². The van der Waals surface area contributed by atoms with Crippen molar-refractivity contribution in [1.82, 2.24) is 15.5 Å². The molecule has 2 rings (SSSR count). The summed E-state index contributed by atoms with van der Waals surface area (Å²) in [5, 5.41) is 6.79. The fourth-order valence-electron chi connectivity index (χ4n) is 3.03. The molecule has 0 spiro atoms. The summed E-state index contributed by atoms with van der Waals surface area (Å²) in [5.41, 5.74) is 1.47. The molecule has 0 radical (unpaired) electrons. The summed E-state index contributed by atoms with van der Waals surface area (Å²) in [7, 11) is 6.01. The second kappa shape index (κ2) is 9.46. The van der Waals surface area contributed by atoms with Gasteiger partial charge in [0, 0.05) is 26.6 Å². The first-order valence-electron chi connectivity index (χ1n) is 8.23. The molecule has 1 aliphatic heterocycles. The van der Waals surface area contributed by atoms with E-state index >= 15 is 0 Å². The van der Waals surface area contributed by atoms with Crippen molar-refractivity contribution in [3.8, 4) is 5.75 Å². The van der Waals surface area contributed by atoms with Gasteiger partial charge >= 0.3 is 0 Å². The Morgan fingerprint density at radius 2 is 2.00 bits per heavy atom.